The number of carbonyl (C=O) groups is 1. The Labute approximate surface area is 211 Å². The van der Waals surface area contributed by atoms with Gasteiger partial charge in [0.2, 0.25) is 0 Å². The van der Waals surface area contributed by atoms with Gasteiger partial charge in [-0.3, -0.25) is 4.79 Å². The van der Waals surface area contributed by atoms with Crippen LogP contribution in [0.1, 0.15) is 34.7 Å². The molecule has 2 atom stereocenters. The van der Waals surface area contributed by atoms with Crippen LogP contribution in [-0.4, -0.2) is 67.9 Å². The number of nitrogens with zero attached hydrogens (tertiary/aromatic N) is 2. The number of benzene rings is 3. The standard InChI is InChI=1S/C30H33FN2O3/c31-25-10-8-21(9-11-25)22-12-14-32(15-13-22)18-24-19-33(20-28(24)30-35-16-17-36-30)29(34)27-7-3-5-23-4-1-2-6-26(23)27/h1-11,22,24,28,30H,12-20H2. The molecule has 3 aromatic carbocycles. The molecule has 0 bridgehead atoms. The first kappa shape index (κ1) is 23.6. The Hall–Kier alpha value is -2.80. The van der Waals surface area contributed by atoms with Crippen molar-refractivity contribution in [1.82, 2.24) is 9.80 Å². The topological polar surface area (TPSA) is 42.0 Å². The predicted octanol–water partition coefficient (Wildman–Crippen LogP) is 4.92. The van der Waals surface area contributed by atoms with Crippen molar-refractivity contribution in [1.29, 1.82) is 0 Å². The van der Waals surface area contributed by atoms with Crippen molar-refractivity contribution in [2.24, 2.45) is 11.8 Å². The minimum atomic E-state index is -0.239. The molecule has 3 saturated heterocycles. The fourth-order valence-electron chi connectivity index (χ4n) is 6.29. The Bertz CT molecular complexity index is 1200. The lowest BCUT2D eigenvalue weighted by Gasteiger charge is -2.35. The van der Waals surface area contributed by atoms with Crippen molar-refractivity contribution in [3.63, 3.8) is 0 Å². The number of carbonyl (C=O) groups excluding carboxylic acids is 1. The summed E-state index contributed by atoms with van der Waals surface area (Å²) in [6.45, 7) is 5.56. The molecule has 6 rings (SSSR count). The van der Waals surface area contributed by atoms with E-state index in [1.807, 2.05) is 47.4 Å². The second-order valence-corrected chi connectivity index (χ2v) is 10.4. The van der Waals surface area contributed by atoms with Crippen molar-refractivity contribution < 1.29 is 18.7 Å². The average Bonchev–Trinajstić information content (AvgIpc) is 3.59. The van der Waals surface area contributed by atoms with Gasteiger partial charge in [0.1, 0.15) is 5.82 Å². The van der Waals surface area contributed by atoms with Crippen molar-refractivity contribution in [3.05, 3.63) is 83.7 Å². The number of rotatable bonds is 5. The normalized spacial score (nSPS) is 24.1. The molecule has 2 unspecified atom stereocenters. The van der Waals surface area contributed by atoms with E-state index in [0.29, 0.717) is 38.1 Å². The van der Waals surface area contributed by atoms with Crippen LogP contribution in [0, 0.1) is 17.7 Å². The van der Waals surface area contributed by atoms with Crippen molar-refractivity contribution in [3.8, 4) is 0 Å². The highest BCUT2D eigenvalue weighted by molar-refractivity contribution is 6.07. The van der Waals surface area contributed by atoms with Crippen LogP contribution in [0.15, 0.2) is 66.7 Å². The Morgan fingerprint density at radius 3 is 2.39 bits per heavy atom. The van der Waals surface area contributed by atoms with Crippen LogP contribution in [0.2, 0.25) is 0 Å². The second-order valence-electron chi connectivity index (χ2n) is 10.4. The summed E-state index contributed by atoms with van der Waals surface area (Å²) in [6, 6.07) is 21.0. The average molecular weight is 489 g/mol. The van der Waals surface area contributed by atoms with Gasteiger partial charge in [-0.25, -0.2) is 4.39 Å². The monoisotopic (exact) mass is 488 g/mol. The summed E-state index contributed by atoms with van der Waals surface area (Å²) in [6.07, 6.45) is 1.90. The van der Waals surface area contributed by atoms with Gasteiger partial charge in [0, 0.05) is 31.1 Å². The summed E-state index contributed by atoms with van der Waals surface area (Å²) in [5.74, 6) is 0.859. The molecule has 6 heteroatoms. The molecule has 0 saturated carbocycles. The molecule has 1 amide bonds. The minimum Gasteiger partial charge on any atom is -0.350 e. The van der Waals surface area contributed by atoms with Crippen molar-refractivity contribution in [2.45, 2.75) is 25.0 Å². The highest BCUT2D eigenvalue weighted by Gasteiger charge is 2.43. The number of hydrogen-bond donors (Lipinski definition) is 0. The molecule has 188 valence electrons. The van der Waals surface area contributed by atoms with Gasteiger partial charge in [-0.15, -0.1) is 0 Å². The maximum absolute atomic E-state index is 13.7. The molecule has 0 aliphatic carbocycles. The lowest BCUT2D eigenvalue weighted by atomic mass is 9.88. The summed E-state index contributed by atoms with van der Waals surface area (Å²) in [5.41, 5.74) is 2.00. The van der Waals surface area contributed by atoms with Crippen LogP contribution in [0.3, 0.4) is 0 Å². The third-order valence-electron chi connectivity index (χ3n) is 8.22. The zero-order valence-corrected chi connectivity index (χ0v) is 20.5. The van der Waals surface area contributed by atoms with Crippen LogP contribution in [0.4, 0.5) is 4.39 Å². The first-order valence-corrected chi connectivity index (χ1v) is 13.1. The SMILES string of the molecule is O=C(c1cccc2ccccc12)N1CC(CN2CCC(c3ccc(F)cc3)CC2)C(C2OCCO2)C1. The third kappa shape index (κ3) is 4.77. The number of halogens is 1. The van der Waals surface area contributed by atoms with Gasteiger partial charge in [0.25, 0.3) is 5.91 Å². The van der Waals surface area contributed by atoms with E-state index in [-0.39, 0.29) is 23.9 Å². The molecule has 3 aromatic rings. The molecular weight excluding hydrogens is 455 g/mol. The fraction of sp³-hybridized carbons (Fsp3) is 0.433. The smallest absolute Gasteiger partial charge is 0.254 e. The van der Waals surface area contributed by atoms with E-state index in [0.717, 1.165) is 48.8 Å². The maximum Gasteiger partial charge on any atom is 0.254 e. The Kier molecular flexibility index (Phi) is 6.74. The Morgan fingerprint density at radius 1 is 0.889 bits per heavy atom. The largest absolute Gasteiger partial charge is 0.350 e. The zero-order valence-electron chi connectivity index (χ0n) is 20.5. The van der Waals surface area contributed by atoms with Crippen LogP contribution in [0.5, 0.6) is 0 Å². The van der Waals surface area contributed by atoms with Crippen LogP contribution in [0.25, 0.3) is 10.8 Å². The Morgan fingerprint density at radius 2 is 1.61 bits per heavy atom. The molecular formula is C30H33FN2O3. The van der Waals surface area contributed by atoms with E-state index in [2.05, 4.69) is 17.0 Å². The summed E-state index contributed by atoms with van der Waals surface area (Å²) in [4.78, 5) is 18.2. The van der Waals surface area contributed by atoms with Gasteiger partial charge in [0.05, 0.1) is 13.2 Å². The van der Waals surface area contributed by atoms with Crippen LogP contribution >= 0.6 is 0 Å². The lowest BCUT2D eigenvalue weighted by Crippen LogP contribution is -2.40. The molecule has 36 heavy (non-hydrogen) atoms. The van der Waals surface area contributed by atoms with Gasteiger partial charge in [-0.05, 0) is 72.3 Å². The van der Waals surface area contributed by atoms with Gasteiger partial charge >= 0.3 is 0 Å². The van der Waals surface area contributed by atoms with Gasteiger partial charge in [0.15, 0.2) is 6.29 Å². The first-order valence-electron chi connectivity index (χ1n) is 13.1. The zero-order chi connectivity index (χ0) is 24.5. The number of ether oxygens (including phenoxy) is 2. The minimum absolute atomic E-state index is 0.0901. The number of amides is 1. The highest BCUT2D eigenvalue weighted by Crippen LogP contribution is 2.35. The van der Waals surface area contributed by atoms with E-state index in [9.17, 15) is 9.18 Å². The summed E-state index contributed by atoms with van der Waals surface area (Å²) < 4.78 is 25.2. The number of piperidine rings is 1. The molecule has 5 nitrogen and oxygen atoms in total. The molecule has 0 N–H and O–H groups in total. The van der Waals surface area contributed by atoms with Crippen molar-refractivity contribution >= 4 is 16.7 Å². The number of hydrogen-bond acceptors (Lipinski definition) is 4. The van der Waals surface area contributed by atoms with E-state index in [1.54, 1.807) is 12.1 Å². The molecule has 0 radical (unpaired) electrons. The summed E-state index contributed by atoms with van der Waals surface area (Å²) in [5, 5.41) is 2.09. The number of fused-ring (bicyclic) bond motifs is 1. The first-order chi connectivity index (χ1) is 17.7. The van der Waals surface area contributed by atoms with Gasteiger partial charge in [-0.2, -0.15) is 0 Å². The maximum atomic E-state index is 13.7. The summed E-state index contributed by atoms with van der Waals surface area (Å²) in [7, 11) is 0. The van der Waals surface area contributed by atoms with Crippen molar-refractivity contribution in [2.75, 3.05) is 45.9 Å². The molecule has 3 aliphatic heterocycles. The number of likely N-dealkylation sites (tertiary alicyclic amines) is 2. The highest BCUT2D eigenvalue weighted by atomic mass is 19.1. The van der Waals surface area contributed by atoms with E-state index in [4.69, 9.17) is 9.47 Å². The van der Waals surface area contributed by atoms with Gasteiger partial charge < -0.3 is 19.3 Å². The van der Waals surface area contributed by atoms with Crippen LogP contribution in [-0.2, 0) is 9.47 Å². The van der Waals surface area contributed by atoms with Crippen LogP contribution < -0.4 is 0 Å². The van der Waals surface area contributed by atoms with Gasteiger partial charge in [-0.1, -0.05) is 48.5 Å². The quantitative estimate of drug-likeness (QED) is 0.511. The fourth-order valence-corrected chi connectivity index (χ4v) is 6.29. The lowest BCUT2D eigenvalue weighted by molar-refractivity contribution is -0.0924. The molecule has 3 aliphatic rings. The third-order valence-corrected chi connectivity index (χ3v) is 8.22. The molecule has 3 heterocycles. The Balaban J connectivity index is 1.15. The van der Waals surface area contributed by atoms with E-state index in [1.165, 1.54) is 5.56 Å². The predicted molar refractivity (Wildman–Crippen MR) is 137 cm³/mol. The second kappa shape index (κ2) is 10.3. The molecule has 3 fully saturated rings. The van der Waals surface area contributed by atoms with E-state index < -0.39 is 0 Å². The molecule has 0 aromatic heterocycles. The molecule has 0 spiro atoms. The van der Waals surface area contributed by atoms with E-state index >= 15 is 0 Å². The summed E-state index contributed by atoms with van der Waals surface area (Å²) >= 11 is 0.